The van der Waals surface area contributed by atoms with Crippen molar-refractivity contribution in [2.75, 3.05) is 41.8 Å². The lowest BCUT2D eigenvalue weighted by Crippen LogP contribution is -2.36. The van der Waals surface area contributed by atoms with Crippen molar-refractivity contribution in [3.8, 4) is 0 Å². The highest BCUT2D eigenvalue weighted by molar-refractivity contribution is 7.22. The zero-order valence-corrected chi connectivity index (χ0v) is 18.1. The van der Waals surface area contributed by atoms with Crippen LogP contribution >= 0.6 is 11.3 Å². The number of nitrogens with one attached hydrogen (secondary N) is 2. The molecule has 11 heteroatoms. The maximum atomic E-state index is 12.8. The molecule has 0 spiro atoms. The van der Waals surface area contributed by atoms with E-state index in [1.165, 1.54) is 17.4 Å². The lowest BCUT2D eigenvalue weighted by molar-refractivity contribution is -0.384. The van der Waals surface area contributed by atoms with E-state index in [1.807, 2.05) is 4.90 Å². The van der Waals surface area contributed by atoms with Crippen molar-refractivity contribution in [3.05, 3.63) is 52.1 Å². The first-order valence-corrected chi connectivity index (χ1v) is 10.9. The van der Waals surface area contributed by atoms with Gasteiger partial charge in [0.1, 0.15) is 5.69 Å². The molecule has 1 aliphatic rings. The molecule has 1 aromatic heterocycles. The van der Waals surface area contributed by atoms with Gasteiger partial charge in [0.15, 0.2) is 5.13 Å². The fourth-order valence-corrected chi connectivity index (χ4v) is 4.27. The Morgan fingerprint density at radius 2 is 1.97 bits per heavy atom. The van der Waals surface area contributed by atoms with Crippen LogP contribution in [0.1, 0.15) is 23.7 Å². The molecule has 0 bridgehead atoms. The first kappa shape index (κ1) is 21.7. The minimum atomic E-state index is -0.475. The van der Waals surface area contributed by atoms with Gasteiger partial charge in [-0.2, -0.15) is 0 Å². The zero-order chi connectivity index (χ0) is 22.7. The molecule has 0 radical (unpaired) electrons. The number of nitrogens with zero attached hydrogens (tertiary/aromatic N) is 3. The smallest absolute Gasteiger partial charge is 0.293 e. The predicted molar refractivity (Wildman–Crippen MR) is 123 cm³/mol. The number of aromatic nitrogens is 1. The fraction of sp³-hybridized carbons (Fsp3) is 0.286. The van der Waals surface area contributed by atoms with Crippen LogP contribution in [0.15, 0.2) is 36.4 Å². The van der Waals surface area contributed by atoms with Crippen molar-refractivity contribution in [3.63, 3.8) is 0 Å². The number of nitro groups is 1. The molecule has 0 aliphatic carbocycles. The number of carbonyl (C=O) groups excluding carboxylic acids is 2. The number of ether oxygens (including phenoxy) is 1. The van der Waals surface area contributed by atoms with Gasteiger partial charge < -0.3 is 20.3 Å². The number of thiazole rings is 1. The highest BCUT2D eigenvalue weighted by Crippen LogP contribution is 2.31. The molecular formula is C21H21N5O5S. The molecule has 4 rings (SSSR count). The third kappa shape index (κ3) is 4.68. The number of morpholine rings is 1. The van der Waals surface area contributed by atoms with Gasteiger partial charge in [-0.1, -0.05) is 18.3 Å². The Bertz CT molecular complexity index is 1190. The van der Waals surface area contributed by atoms with Crippen molar-refractivity contribution < 1.29 is 19.2 Å². The Morgan fingerprint density at radius 3 is 2.69 bits per heavy atom. The Labute approximate surface area is 187 Å². The average molecular weight is 455 g/mol. The molecule has 1 saturated heterocycles. The molecule has 0 unspecified atom stereocenters. The third-order valence-corrected chi connectivity index (χ3v) is 5.93. The molecule has 0 atom stereocenters. The van der Waals surface area contributed by atoms with Crippen molar-refractivity contribution in [2.45, 2.75) is 13.3 Å². The summed E-state index contributed by atoms with van der Waals surface area (Å²) < 4.78 is 6.10. The maximum Gasteiger partial charge on any atom is 0.293 e. The van der Waals surface area contributed by atoms with Crippen molar-refractivity contribution in [2.24, 2.45) is 0 Å². The number of benzene rings is 2. The second-order valence-electron chi connectivity index (χ2n) is 7.12. The van der Waals surface area contributed by atoms with Crippen LogP contribution < -0.4 is 15.5 Å². The quantitative estimate of drug-likeness (QED) is 0.429. The lowest BCUT2D eigenvalue weighted by atomic mass is 10.1. The molecule has 2 heterocycles. The van der Waals surface area contributed by atoms with Crippen LogP contribution in [0.25, 0.3) is 10.2 Å². The molecule has 1 aliphatic heterocycles. The van der Waals surface area contributed by atoms with Gasteiger partial charge in [-0.05, 0) is 30.3 Å². The van der Waals surface area contributed by atoms with Crippen molar-refractivity contribution >= 4 is 55.6 Å². The van der Waals surface area contributed by atoms with Gasteiger partial charge in [-0.3, -0.25) is 19.7 Å². The monoisotopic (exact) mass is 455 g/mol. The van der Waals surface area contributed by atoms with Crippen LogP contribution in [0.5, 0.6) is 0 Å². The SMILES string of the molecule is CCC(=O)Nc1nc2ccc(NC(=O)c3ccc(N4CCOCC4)c([N+](=O)[O-])c3)cc2s1. The number of hydrogen-bond acceptors (Lipinski definition) is 8. The second kappa shape index (κ2) is 9.28. The van der Waals surface area contributed by atoms with Gasteiger partial charge in [-0.25, -0.2) is 4.98 Å². The van der Waals surface area contributed by atoms with Gasteiger partial charge in [-0.15, -0.1) is 0 Å². The highest BCUT2D eigenvalue weighted by atomic mass is 32.1. The number of rotatable bonds is 6. The Kier molecular flexibility index (Phi) is 6.28. The Hall–Kier alpha value is -3.57. The summed E-state index contributed by atoms with van der Waals surface area (Å²) >= 11 is 1.30. The third-order valence-electron chi connectivity index (χ3n) is 5.00. The topological polar surface area (TPSA) is 127 Å². The van der Waals surface area contributed by atoms with E-state index in [2.05, 4.69) is 15.6 Å². The molecule has 10 nitrogen and oxygen atoms in total. The maximum absolute atomic E-state index is 12.8. The largest absolute Gasteiger partial charge is 0.378 e. The number of amides is 2. The summed E-state index contributed by atoms with van der Waals surface area (Å²) in [4.78, 5) is 41.7. The summed E-state index contributed by atoms with van der Waals surface area (Å²) in [6.45, 7) is 3.88. The Morgan fingerprint density at radius 1 is 1.19 bits per heavy atom. The van der Waals surface area contributed by atoms with Crippen LogP contribution in [0.2, 0.25) is 0 Å². The molecule has 166 valence electrons. The zero-order valence-electron chi connectivity index (χ0n) is 17.3. The van der Waals surface area contributed by atoms with Crippen molar-refractivity contribution in [1.82, 2.24) is 4.98 Å². The molecule has 2 N–H and O–H groups in total. The van der Waals surface area contributed by atoms with E-state index in [0.717, 1.165) is 4.70 Å². The molecule has 32 heavy (non-hydrogen) atoms. The van der Waals surface area contributed by atoms with Crippen LogP contribution in [-0.4, -0.2) is 48.0 Å². The van der Waals surface area contributed by atoms with E-state index < -0.39 is 10.8 Å². The summed E-state index contributed by atoms with van der Waals surface area (Å²) in [6, 6.07) is 9.67. The van der Waals surface area contributed by atoms with E-state index >= 15 is 0 Å². The van der Waals surface area contributed by atoms with Gasteiger partial charge >= 0.3 is 0 Å². The minimum Gasteiger partial charge on any atom is -0.378 e. The van der Waals surface area contributed by atoms with E-state index in [9.17, 15) is 19.7 Å². The molecular weight excluding hydrogens is 434 g/mol. The van der Waals surface area contributed by atoms with Gasteiger partial charge in [0.05, 0.1) is 28.4 Å². The van der Waals surface area contributed by atoms with Crippen LogP contribution in [0, 0.1) is 10.1 Å². The van der Waals surface area contributed by atoms with E-state index in [4.69, 9.17) is 4.74 Å². The van der Waals surface area contributed by atoms with Crippen LogP contribution in [0.3, 0.4) is 0 Å². The van der Waals surface area contributed by atoms with Gasteiger partial charge in [0.2, 0.25) is 5.91 Å². The van der Waals surface area contributed by atoms with Gasteiger partial charge in [0, 0.05) is 36.8 Å². The number of hydrogen-bond donors (Lipinski definition) is 2. The summed E-state index contributed by atoms with van der Waals surface area (Å²) in [5.74, 6) is -0.579. The van der Waals surface area contributed by atoms with Crippen LogP contribution in [0.4, 0.5) is 22.2 Å². The average Bonchev–Trinajstić information content (AvgIpc) is 3.20. The minimum absolute atomic E-state index is 0.117. The predicted octanol–water partition coefficient (Wildman–Crippen LogP) is 3.64. The van der Waals surface area contributed by atoms with E-state index in [-0.39, 0.29) is 17.2 Å². The normalized spacial score (nSPS) is 13.7. The summed E-state index contributed by atoms with van der Waals surface area (Å²) in [5.41, 5.74) is 1.77. The molecule has 2 aromatic carbocycles. The molecule has 2 amide bonds. The number of anilines is 3. The first-order valence-electron chi connectivity index (χ1n) is 10.1. The number of nitro benzene ring substituents is 1. The molecule has 3 aromatic rings. The molecule has 1 fully saturated rings. The summed E-state index contributed by atoms with van der Waals surface area (Å²) in [6.07, 6.45) is 0.355. The summed E-state index contributed by atoms with van der Waals surface area (Å²) in [7, 11) is 0. The van der Waals surface area contributed by atoms with E-state index in [0.29, 0.717) is 54.7 Å². The number of carbonyl (C=O) groups is 2. The fourth-order valence-electron chi connectivity index (χ4n) is 3.35. The Balaban J connectivity index is 1.54. The second-order valence-corrected chi connectivity index (χ2v) is 8.15. The molecule has 0 saturated carbocycles. The van der Waals surface area contributed by atoms with Crippen molar-refractivity contribution in [1.29, 1.82) is 0 Å². The standard InChI is InChI=1S/C21H21N5O5S/c1-2-19(27)24-21-23-15-5-4-14(12-18(15)32-21)22-20(28)13-3-6-16(17(11-13)26(29)30)25-7-9-31-10-8-25/h3-6,11-12H,2,7-10H2,1H3,(H,22,28)(H,23,24,27). The lowest BCUT2D eigenvalue weighted by Gasteiger charge is -2.28. The van der Waals surface area contributed by atoms with Gasteiger partial charge in [0.25, 0.3) is 11.6 Å². The number of fused-ring (bicyclic) bond motifs is 1. The van der Waals surface area contributed by atoms with E-state index in [1.54, 1.807) is 37.3 Å². The summed E-state index contributed by atoms with van der Waals surface area (Å²) in [5, 5.41) is 17.6. The first-order chi connectivity index (χ1) is 15.4. The highest BCUT2D eigenvalue weighted by Gasteiger charge is 2.23. The van der Waals surface area contributed by atoms with Crippen LogP contribution in [-0.2, 0) is 9.53 Å².